The van der Waals surface area contributed by atoms with Gasteiger partial charge in [-0.1, -0.05) is 31.2 Å². The number of carbonyl (C=O) groups is 1. The smallest absolute Gasteiger partial charge is 0.356 e. The van der Waals surface area contributed by atoms with Crippen LogP contribution in [0.15, 0.2) is 53.5 Å². The van der Waals surface area contributed by atoms with Crippen LogP contribution in [-0.2, 0) is 19.1 Å². The molecule has 0 atom stereocenters. The number of alkyl halides is 3. The molecular formula is C22H27F3N4O. The first kappa shape index (κ1) is 23.3. The highest BCUT2D eigenvalue weighted by molar-refractivity contribution is 5.94. The Morgan fingerprint density at radius 3 is 2.33 bits per heavy atom. The number of amides is 1. The zero-order valence-corrected chi connectivity index (χ0v) is 17.1. The molecule has 1 amide bonds. The summed E-state index contributed by atoms with van der Waals surface area (Å²) in [4.78, 5) is 16.2. The predicted molar refractivity (Wildman–Crippen MR) is 112 cm³/mol. The lowest BCUT2D eigenvalue weighted by molar-refractivity contribution is -0.137. The van der Waals surface area contributed by atoms with Crippen LogP contribution in [0.4, 0.5) is 13.2 Å². The minimum atomic E-state index is -4.32. The molecule has 5 nitrogen and oxygen atoms in total. The van der Waals surface area contributed by atoms with E-state index in [2.05, 4.69) is 20.9 Å². The van der Waals surface area contributed by atoms with Gasteiger partial charge in [0.05, 0.1) is 5.56 Å². The number of aliphatic imine (C=N–C) groups is 1. The molecule has 0 radical (unpaired) electrons. The Kier molecular flexibility index (Phi) is 8.70. The van der Waals surface area contributed by atoms with Gasteiger partial charge in [-0.3, -0.25) is 9.79 Å². The quantitative estimate of drug-likeness (QED) is 0.450. The van der Waals surface area contributed by atoms with Crippen LogP contribution in [0.1, 0.15) is 40.4 Å². The summed E-state index contributed by atoms with van der Waals surface area (Å²) in [5.41, 5.74) is 1.69. The molecule has 2 aromatic carbocycles. The Morgan fingerprint density at radius 1 is 0.967 bits per heavy atom. The zero-order chi connectivity index (χ0) is 22.0. The Bertz CT molecular complexity index is 848. The van der Waals surface area contributed by atoms with Crippen molar-refractivity contribution in [1.82, 2.24) is 16.0 Å². The number of nitrogens with zero attached hydrogens (tertiary/aromatic N) is 1. The fourth-order valence-corrected chi connectivity index (χ4v) is 2.76. The van der Waals surface area contributed by atoms with Gasteiger partial charge >= 0.3 is 6.18 Å². The fraction of sp³-hybridized carbons (Fsp3) is 0.364. The van der Waals surface area contributed by atoms with Crippen molar-refractivity contribution in [2.75, 3.05) is 20.1 Å². The van der Waals surface area contributed by atoms with Crippen molar-refractivity contribution in [3.63, 3.8) is 0 Å². The van der Waals surface area contributed by atoms with E-state index >= 15 is 0 Å². The minimum Gasteiger partial charge on any atom is -0.356 e. The van der Waals surface area contributed by atoms with Gasteiger partial charge in [-0.2, -0.15) is 13.2 Å². The van der Waals surface area contributed by atoms with Gasteiger partial charge in [-0.05, 0) is 48.2 Å². The predicted octanol–water partition coefficient (Wildman–Crippen LogP) is 3.75. The molecular weight excluding hydrogens is 393 g/mol. The lowest BCUT2D eigenvalue weighted by atomic mass is 10.1. The van der Waals surface area contributed by atoms with Crippen LogP contribution >= 0.6 is 0 Å². The van der Waals surface area contributed by atoms with Crippen molar-refractivity contribution >= 4 is 11.9 Å². The molecule has 0 spiro atoms. The van der Waals surface area contributed by atoms with Crippen LogP contribution in [0, 0.1) is 0 Å². The molecule has 3 N–H and O–H groups in total. The summed E-state index contributed by atoms with van der Waals surface area (Å²) in [7, 11) is 1.64. The van der Waals surface area contributed by atoms with Crippen molar-refractivity contribution in [1.29, 1.82) is 0 Å². The molecule has 0 unspecified atom stereocenters. The summed E-state index contributed by atoms with van der Waals surface area (Å²) >= 11 is 0. The van der Waals surface area contributed by atoms with Crippen molar-refractivity contribution in [3.05, 3.63) is 70.8 Å². The fourth-order valence-electron chi connectivity index (χ4n) is 2.76. The first-order chi connectivity index (χ1) is 14.3. The van der Waals surface area contributed by atoms with Gasteiger partial charge in [0, 0.05) is 32.2 Å². The number of halogens is 3. The molecule has 0 aliphatic rings. The summed E-state index contributed by atoms with van der Waals surface area (Å²) in [6.45, 7) is 3.63. The van der Waals surface area contributed by atoms with E-state index in [-0.39, 0.29) is 5.91 Å². The molecule has 2 rings (SSSR count). The monoisotopic (exact) mass is 420 g/mol. The van der Waals surface area contributed by atoms with E-state index in [1.165, 1.54) is 12.1 Å². The normalized spacial score (nSPS) is 11.8. The van der Waals surface area contributed by atoms with E-state index in [4.69, 9.17) is 0 Å². The third-order valence-corrected chi connectivity index (χ3v) is 4.40. The minimum absolute atomic E-state index is 0.0993. The second-order valence-electron chi connectivity index (χ2n) is 6.75. The number of nitrogens with one attached hydrogen (secondary N) is 3. The molecule has 0 fully saturated rings. The summed E-state index contributed by atoms with van der Waals surface area (Å²) < 4.78 is 37.8. The van der Waals surface area contributed by atoms with Crippen LogP contribution in [0.3, 0.4) is 0 Å². The first-order valence-corrected chi connectivity index (χ1v) is 9.81. The average molecular weight is 420 g/mol. The number of hydrogen-bond donors (Lipinski definition) is 3. The average Bonchev–Trinajstić information content (AvgIpc) is 2.74. The van der Waals surface area contributed by atoms with Crippen LogP contribution in [0.5, 0.6) is 0 Å². The van der Waals surface area contributed by atoms with Gasteiger partial charge in [0.1, 0.15) is 0 Å². The summed E-state index contributed by atoms with van der Waals surface area (Å²) in [6.07, 6.45) is -2.88. The maximum atomic E-state index is 12.6. The largest absolute Gasteiger partial charge is 0.416 e. The van der Waals surface area contributed by atoms with Gasteiger partial charge in [-0.15, -0.1) is 0 Å². The van der Waals surface area contributed by atoms with Crippen LogP contribution in [0.2, 0.25) is 0 Å². The number of guanidine groups is 1. The molecule has 162 valence electrons. The Morgan fingerprint density at radius 2 is 1.70 bits per heavy atom. The van der Waals surface area contributed by atoms with Gasteiger partial charge in [-0.25, -0.2) is 0 Å². The van der Waals surface area contributed by atoms with E-state index in [0.29, 0.717) is 37.6 Å². The number of hydrogen-bond acceptors (Lipinski definition) is 2. The summed E-state index contributed by atoms with van der Waals surface area (Å²) in [5, 5.41) is 9.15. The standard InChI is InChI=1S/C22H27F3N4O/c1-3-12-27-20(30)18-6-4-5-17(14-18)15-29-21(26-2)28-13-11-16-7-9-19(10-8-16)22(23,24)25/h4-10,14H,3,11-13,15H2,1-2H3,(H,27,30)(H2,26,28,29). The van der Waals surface area contributed by atoms with Crippen molar-refractivity contribution < 1.29 is 18.0 Å². The second kappa shape index (κ2) is 11.2. The molecule has 2 aromatic rings. The number of carbonyl (C=O) groups excluding carboxylic acids is 1. The van der Waals surface area contributed by atoms with Gasteiger partial charge < -0.3 is 16.0 Å². The SMILES string of the molecule is CCCNC(=O)c1cccc(CNC(=NC)NCCc2ccc(C(F)(F)F)cc2)c1. The Hall–Kier alpha value is -3.03. The van der Waals surface area contributed by atoms with Crippen molar-refractivity contribution in [2.24, 2.45) is 4.99 Å². The highest BCUT2D eigenvalue weighted by Crippen LogP contribution is 2.29. The number of rotatable bonds is 8. The summed E-state index contributed by atoms with van der Waals surface area (Å²) in [6, 6.07) is 12.5. The molecule has 0 aromatic heterocycles. The maximum absolute atomic E-state index is 12.6. The molecule has 0 saturated carbocycles. The topological polar surface area (TPSA) is 65.5 Å². The maximum Gasteiger partial charge on any atom is 0.416 e. The van der Waals surface area contributed by atoms with Gasteiger partial charge in [0.25, 0.3) is 5.91 Å². The second-order valence-corrected chi connectivity index (χ2v) is 6.75. The van der Waals surface area contributed by atoms with E-state index in [0.717, 1.165) is 29.7 Å². The highest BCUT2D eigenvalue weighted by atomic mass is 19.4. The van der Waals surface area contributed by atoms with Crippen molar-refractivity contribution in [3.8, 4) is 0 Å². The van der Waals surface area contributed by atoms with Crippen molar-refractivity contribution in [2.45, 2.75) is 32.5 Å². The molecule has 0 bridgehead atoms. The van der Waals surface area contributed by atoms with Crippen LogP contribution in [-0.4, -0.2) is 32.0 Å². The van der Waals surface area contributed by atoms with E-state index in [9.17, 15) is 18.0 Å². The third-order valence-electron chi connectivity index (χ3n) is 4.40. The molecule has 0 saturated heterocycles. The molecule has 0 heterocycles. The van der Waals surface area contributed by atoms with Crippen LogP contribution < -0.4 is 16.0 Å². The van der Waals surface area contributed by atoms with E-state index in [1.807, 2.05) is 25.1 Å². The molecule has 30 heavy (non-hydrogen) atoms. The Labute approximate surface area is 174 Å². The first-order valence-electron chi connectivity index (χ1n) is 9.81. The molecule has 0 aliphatic heterocycles. The lowest BCUT2D eigenvalue weighted by Crippen LogP contribution is -2.37. The summed E-state index contributed by atoms with van der Waals surface area (Å²) in [5.74, 6) is 0.473. The van der Waals surface area contributed by atoms with E-state index < -0.39 is 11.7 Å². The highest BCUT2D eigenvalue weighted by Gasteiger charge is 2.29. The van der Waals surface area contributed by atoms with Gasteiger partial charge in [0.15, 0.2) is 5.96 Å². The number of benzene rings is 2. The third kappa shape index (κ3) is 7.42. The van der Waals surface area contributed by atoms with E-state index in [1.54, 1.807) is 13.1 Å². The molecule has 8 heteroatoms. The van der Waals surface area contributed by atoms with Crippen LogP contribution in [0.25, 0.3) is 0 Å². The van der Waals surface area contributed by atoms with Gasteiger partial charge in [0.2, 0.25) is 0 Å². The lowest BCUT2D eigenvalue weighted by Gasteiger charge is -2.13. The Balaban J connectivity index is 1.82. The zero-order valence-electron chi connectivity index (χ0n) is 17.1. The molecule has 0 aliphatic carbocycles.